The van der Waals surface area contributed by atoms with E-state index in [1.807, 2.05) is 38.3 Å². The molecule has 2 aliphatic rings. The van der Waals surface area contributed by atoms with Gasteiger partial charge in [0.05, 0.1) is 23.6 Å². The minimum Gasteiger partial charge on any atom is -0.444 e. The van der Waals surface area contributed by atoms with E-state index in [1.165, 1.54) is 6.07 Å². The van der Waals surface area contributed by atoms with Crippen LogP contribution in [-0.4, -0.2) is 66.8 Å². The average molecular weight is 591 g/mol. The van der Waals surface area contributed by atoms with Gasteiger partial charge in [-0.1, -0.05) is 0 Å². The van der Waals surface area contributed by atoms with Crippen LogP contribution in [-0.2, 0) is 16.7 Å². The Labute approximate surface area is 249 Å². The molecular formula is C31H36F2N8O2. The molecule has 2 aliphatic heterocycles. The van der Waals surface area contributed by atoms with Crippen LogP contribution in [0.2, 0.25) is 0 Å². The predicted octanol–water partition coefficient (Wildman–Crippen LogP) is 6.04. The molecule has 0 spiro atoms. The third-order valence-electron chi connectivity index (χ3n) is 7.97. The highest BCUT2D eigenvalue weighted by Crippen LogP contribution is 2.38. The third kappa shape index (κ3) is 5.57. The van der Waals surface area contributed by atoms with Gasteiger partial charge >= 0.3 is 6.09 Å². The van der Waals surface area contributed by atoms with Gasteiger partial charge in [-0.3, -0.25) is 0 Å². The summed E-state index contributed by atoms with van der Waals surface area (Å²) in [4.78, 5) is 33.9. The number of anilines is 3. The van der Waals surface area contributed by atoms with E-state index in [1.54, 1.807) is 23.2 Å². The number of nitrogens with zero attached hydrogens (tertiary/aromatic N) is 7. The zero-order valence-electron chi connectivity index (χ0n) is 25.3. The molecule has 4 aromatic rings. The van der Waals surface area contributed by atoms with Crippen molar-refractivity contribution < 1.29 is 18.3 Å². The molecule has 10 nitrogen and oxygen atoms in total. The fraction of sp³-hybridized carbons (Fsp3) is 0.452. The van der Waals surface area contributed by atoms with Crippen LogP contribution in [0.25, 0.3) is 22.3 Å². The summed E-state index contributed by atoms with van der Waals surface area (Å²) >= 11 is 0. The number of halogens is 2. The van der Waals surface area contributed by atoms with Gasteiger partial charge in [-0.25, -0.2) is 33.5 Å². The number of fused-ring (bicyclic) bond motifs is 3. The minimum absolute atomic E-state index is 0.0156. The van der Waals surface area contributed by atoms with E-state index >= 15 is 4.39 Å². The van der Waals surface area contributed by atoms with Crippen molar-refractivity contribution in [1.82, 2.24) is 29.4 Å². The Morgan fingerprint density at radius 3 is 2.56 bits per heavy atom. The first-order chi connectivity index (χ1) is 20.3. The number of nitrogens with one attached hydrogen (secondary N) is 1. The number of amides is 1. The first-order valence-electron chi connectivity index (χ1n) is 14.5. The van der Waals surface area contributed by atoms with Crippen molar-refractivity contribution in [3.63, 3.8) is 0 Å². The van der Waals surface area contributed by atoms with E-state index in [2.05, 4.69) is 44.0 Å². The lowest BCUT2D eigenvalue weighted by Crippen LogP contribution is -2.55. The summed E-state index contributed by atoms with van der Waals surface area (Å²) in [5, 5.41) is 3.03. The summed E-state index contributed by atoms with van der Waals surface area (Å²) in [5.74, 6) is 0.258. The molecule has 43 heavy (non-hydrogen) atoms. The van der Waals surface area contributed by atoms with Crippen LogP contribution >= 0.6 is 0 Å². The number of benzene rings is 1. The van der Waals surface area contributed by atoms with Gasteiger partial charge in [-0.2, -0.15) is 0 Å². The number of carbonyl (C=O) groups excluding carboxylic acids is 1. The third-order valence-corrected chi connectivity index (χ3v) is 7.97. The fourth-order valence-corrected chi connectivity index (χ4v) is 5.87. The molecular weight excluding hydrogens is 554 g/mol. The molecule has 12 heteroatoms. The first kappa shape index (κ1) is 28.8. The molecule has 226 valence electrons. The zero-order chi connectivity index (χ0) is 30.7. The Bertz CT molecular complexity index is 1700. The maximum absolute atomic E-state index is 15.2. The lowest BCUT2D eigenvalue weighted by atomic mass is 10.0. The summed E-state index contributed by atoms with van der Waals surface area (Å²) in [6, 6.07) is 6.68. The maximum atomic E-state index is 15.2. The van der Waals surface area contributed by atoms with E-state index < -0.39 is 17.2 Å². The number of ether oxygens (including phenoxy) is 1. The van der Waals surface area contributed by atoms with Gasteiger partial charge < -0.3 is 24.4 Å². The molecule has 0 saturated carbocycles. The first-order valence-corrected chi connectivity index (χ1v) is 14.5. The van der Waals surface area contributed by atoms with Crippen LogP contribution in [0.5, 0.6) is 0 Å². The SMILES string of the molecule is C[C@H]1CN(c2ccc(Nc3ncc(F)c(-c4cc(F)c5nc6n(c5c4)C(C)(C)CC6)n3)nc2)CCN1C(=O)OC(C)(C)C. The van der Waals surface area contributed by atoms with Crippen molar-refractivity contribution in [1.29, 1.82) is 0 Å². The summed E-state index contributed by atoms with van der Waals surface area (Å²) < 4.78 is 37.7. The molecule has 1 fully saturated rings. The molecule has 1 atom stereocenters. The summed E-state index contributed by atoms with van der Waals surface area (Å²) in [6.45, 7) is 13.6. The lowest BCUT2D eigenvalue weighted by Gasteiger charge is -2.41. The van der Waals surface area contributed by atoms with Crippen molar-refractivity contribution in [3.05, 3.63) is 54.1 Å². The van der Waals surface area contributed by atoms with E-state index in [0.29, 0.717) is 36.5 Å². The second-order valence-corrected chi connectivity index (χ2v) is 12.9. The van der Waals surface area contributed by atoms with Gasteiger partial charge in [-0.15, -0.1) is 0 Å². The molecule has 1 N–H and O–H groups in total. The van der Waals surface area contributed by atoms with E-state index in [0.717, 1.165) is 30.6 Å². The number of pyridine rings is 1. The second kappa shape index (κ2) is 10.4. The van der Waals surface area contributed by atoms with Crippen LogP contribution in [0.4, 0.5) is 31.0 Å². The number of carbonyl (C=O) groups is 1. The molecule has 1 amide bonds. The van der Waals surface area contributed by atoms with Crippen LogP contribution in [0.3, 0.4) is 0 Å². The van der Waals surface area contributed by atoms with E-state index in [-0.39, 0.29) is 34.8 Å². The standard InChI is InChI=1S/C31H36F2N8O2/c1-18-17-39(11-12-40(18)29(42)43-30(2,3)4)20-7-8-24(34-15-20)36-28-35-16-22(33)26(38-28)19-13-21(32)27-23(14-19)41-25(37-27)9-10-31(41,5)6/h7-8,13-16,18H,9-12,17H2,1-6H3,(H,34,35,36,38)/t18-/m0/s1. The van der Waals surface area contributed by atoms with Crippen molar-refractivity contribution in [2.24, 2.45) is 0 Å². The number of aromatic nitrogens is 5. The monoisotopic (exact) mass is 590 g/mol. The van der Waals surface area contributed by atoms with E-state index in [9.17, 15) is 9.18 Å². The zero-order valence-corrected chi connectivity index (χ0v) is 25.3. The molecule has 1 saturated heterocycles. The highest BCUT2D eigenvalue weighted by atomic mass is 19.1. The fourth-order valence-electron chi connectivity index (χ4n) is 5.87. The number of aryl methyl sites for hydroxylation is 1. The highest BCUT2D eigenvalue weighted by Gasteiger charge is 2.34. The van der Waals surface area contributed by atoms with Gasteiger partial charge in [-0.05, 0) is 72.2 Å². The molecule has 3 aromatic heterocycles. The maximum Gasteiger partial charge on any atom is 0.410 e. The normalized spacial score (nSPS) is 18.2. The van der Waals surface area contributed by atoms with Crippen molar-refractivity contribution in [2.75, 3.05) is 29.9 Å². The Morgan fingerprint density at radius 1 is 1.07 bits per heavy atom. The van der Waals surface area contributed by atoms with Crippen LogP contribution in [0.15, 0.2) is 36.7 Å². The molecule has 5 heterocycles. The second-order valence-electron chi connectivity index (χ2n) is 12.9. The number of piperazine rings is 1. The molecule has 1 aromatic carbocycles. The molecule has 6 rings (SSSR count). The van der Waals surface area contributed by atoms with Gasteiger partial charge in [0.15, 0.2) is 11.6 Å². The molecule has 0 unspecified atom stereocenters. The minimum atomic E-state index is -0.660. The largest absolute Gasteiger partial charge is 0.444 e. The molecule has 0 bridgehead atoms. The summed E-state index contributed by atoms with van der Waals surface area (Å²) in [7, 11) is 0. The van der Waals surface area contributed by atoms with Crippen molar-refractivity contribution in [3.8, 4) is 11.3 Å². The van der Waals surface area contributed by atoms with Crippen LogP contribution in [0.1, 0.15) is 53.8 Å². The molecule has 0 aliphatic carbocycles. The van der Waals surface area contributed by atoms with Crippen molar-refractivity contribution in [2.45, 2.75) is 71.6 Å². The Hall–Kier alpha value is -4.35. The number of rotatable bonds is 4. The van der Waals surface area contributed by atoms with Crippen LogP contribution in [0, 0.1) is 11.6 Å². The smallest absolute Gasteiger partial charge is 0.410 e. The molecule has 0 radical (unpaired) electrons. The Balaban J connectivity index is 1.18. The van der Waals surface area contributed by atoms with E-state index in [4.69, 9.17) is 4.74 Å². The predicted molar refractivity (Wildman–Crippen MR) is 160 cm³/mol. The Kier molecular flexibility index (Phi) is 6.97. The van der Waals surface area contributed by atoms with Crippen LogP contribution < -0.4 is 10.2 Å². The lowest BCUT2D eigenvalue weighted by molar-refractivity contribution is 0.0159. The summed E-state index contributed by atoms with van der Waals surface area (Å²) in [6.07, 6.45) is 4.15. The van der Waals surface area contributed by atoms with Gasteiger partial charge in [0.25, 0.3) is 0 Å². The van der Waals surface area contributed by atoms with Gasteiger partial charge in [0.2, 0.25) is 5.95 Å². The number of imidazole rings is 1. The Morgan fingerprint density at radius 2 is 1.86 bits per heavy atom. The highest BCUT2D eigenvalue weighted by molar-refractivity contribution is 5.83. The van der Waals surface area contributed by atoms with Gasteiger partial charge in [0, 0.05) is 43.2 Å². The van der Waals surface area contributed by atoms with Gasteiger partial charge in [0.1, 0.15) is 28.5 Å². The number of hydrogen-bond acceptors (Lipinski definition) is 8. The quantitative estimate of drug-likeness (QED) is 0.307. The summed E-state index contributed by atoms with van der Waals surface area (Å²) in [5.41, 5.74) is 1.34. The number of hydrogen-bond donors (Lipinski definition) is 1. The average Bonchev–Trinajstić information content (AvgIpc) is 3.46. The van der Waals surface area contributed by atoms with Crippen molar-refractivity contribution >= 4 is 34.6 Å². The topological polar surface area (TPSA) is 101 Å².